The molecule has 1 aromatic heterocycles. The van der Waals surface area contributed by atoms with Gasteiger partial charge in [0.15, 0.2) is 0 Å². The Morgan fingerprint density at radius 3 is 2.90 bits per heavy atom. The molecule has 1 aromatic rings. The van der Waals surface area contributed by atoms with Gasteiger partial charge in [-0.2, -0.15) is 0 Å². The SMILES string of the molecule is Cc1[nH]ccc1C(=O)N(C)CC1CCN(CC(C)C)C1. The number of aryl methyl sites for hydroxylation is 1. The highest BCUT2D eigenvalue weighted by Crippen LogP contribution is 2.19. The van der Waals surface area contributed by atoms with Crippen molar-refractivity contribution in [3.63, 3.8) is 0 Å². The number of hydrogen-bond acceptors (Lipinski definition) is 2. The van der Waals surface area contributed by atoms with Crippen LogP contribution in [0.5, 0.6) is 0 Å². The highest BCUT2D eigenvalue weighted by atomic mass is 16.2. The van der Waals surface area contributed by atoms with E-state index in [1.165, 1.54) is 19.5 Å². The van der Waals surface area contributed by atoms with Crippen molar-refractivity contribution in [2.75, 3.05) is 33.2 Å². The summed E-state index contributed by atoms with van der Waals surface area (Å²) in [6, 6.07) is 1.87. The molecular formula is C16H27N3O. The monoisotopic (exact) mass is 277 g/mol. The van der Waals surface area contributed by atoms with Crippen molar-refractivity contribution in [2.45, 2.75) is 27.2 Å². The van der Waals surface area contributed by atoms with Gasteiger partial charge in [0.1, 0.15) is 0 Å². The highest BCUT2D eigenvalue weighted by molar-refractivity contribution is 5.95. The molecule has 1 fully saturated rings. The lowest BCUT2D eigenvalue weighted by Crippen LogP contribution is -2.33. The normalized spacial score (nSPS) is 19.8. The first-order valence-corrected chi connectivity index (χ1v) is 7.59. The van der Waals surface area contributed by atoms with E-state index in [0.29, 0.717) is 5.92 Å². The van der Waals surface area contributed by atoms with Crippen LogP contribution < -0.4 is 0 Å². The molecule has 20 heavy (non-hydrogen) atoms. The summed E-state index contributed by atoms with van der Waals surface area (Å²) in [6.07, 6.45) is 3.03. The summed E-state index contributed by atoms with van der Waals surface area (Å²) < 4.78 is 0. The van der Waals surface area contributed by atoms with Crippen molar-refractivity contribution >= 4 is 5.91 Å². The van der Waals surface area contributed by atoms with E-state index in [1.807, 2.05) is 31.1 Å². The van der Waals surface area contributed by atoms with Crippen LogP contribution in [0.1, 0.15) is 36.3 Å². The van der Waals surface area contributed by atoms with Crippen molar-refractivity contribution in [2.24, 2.45) is 11.8 Å². The molecular weight excluding hydrogens is 250 g/mol. The van der Waals surface area contributed by atoms with Gasteiger partial charge in [0.25, 0.3) is 5.91 Å². The second-order valence-electron chi connectivity index (χ2n) is 6.51. The largest absolute Gasteiger partial charge is 0.365 e. The summed E-state index contributed by atoms with van der Waals surface area (Å²) in [5.41, 5.74) is 1.75. The van der Waals surface area contributed by atoms with Crippen molar-refractivity contribution in [3.05, 3.63) is 23.5 Å². The average molecular weight is 277 g/mol. The molecule has 0 bridgehead atoms. The Bertz CT molecular complexity index is 452. The summed E-state index contributed by atoms with van der Waals surface area (Å²) in [4.78, 5) is 19.8. The molecule has 1 amide bonds. The first-order valence-electron chi connectivity index (χ1n) is 7.59. The molecule has 0 saturated carbocycles. The van der Waals surface area contributed by atoms with Crippen molar-refractivity contribution in [1.29, 1.82) is 0 Å². The van der Waals surface area contributed by atoms with Gasteiger partial charge in [0.05, 0.1) is 5.56 Å². The van der Waals surface area contributed by atoms with Crippen LogP contribution in [0, 0.1) is 18.8 Å². The lowest BCUT2D eigenvalue weighted by molar-refractivity contribution is 0.0772. The van der Waals surface area contributed by atoms with Gasteiger partial charge in [0, 0.05) is 38.6 Å². The van der Waals surface area contributed by atoms with E-state index < -0.39 is 0 Å². The third kappa shape index (κ3) is 3.63. The maximum absolute atomic E-state index is 12.4. The van der Waals surface area contributed by atoms with Crippen molar-refractivity contribution < 1.29 is 4.79 Å². The molecule has 2 heterocycles. The molecule has 0 aliphatic carbocycles. The van der Waals surface area contributed by atoms with Gasteiger partial charge in [-0.05, 0) is 37.8 Å². The molecule has 4 heteroatoms. The Kier molecular flexibility index (Phi) is 4.86. The first kappa shape index (κ1) is 15.1. The summed E-state index contributed by atoms with van der Waals surface area (Å²) in [5.74, 6) is 1.46. The third-order valence-corrected chi connectivity index (χ3v) is 4.06. The number of hydrogen-bond donors (Lipinski definition) is 1. The predicted octanol–water partition coefficient (Wildman–Crippen LogP) is 2.37. The predicted molar refractivity (Wildman–Crippen MR) is 81.9 cm³/mol. The zero-order valence-corrected chi connectivity index (χ0v) is 13.1. The summed E-state index contributed by atoms with van der Waals surface area (Å²) >= 11 is 0. The Morgan fingerprint density at radius 1 is 1.55 bits per heavy atom. The Balaban J connectivity index is 1.85. The molecule has 2 rings (SSSR count). The van der Waals surface area contributed by atoms with E-state index in [-0.39, 0.29) is 5.91 Å². The summed E-state index contributed by atoms with van der Waals surface area (Å²) in [5, 5.41) is 0. The second-order valence-corrected chi connectivity index (χ2v) is 6.51. The molecule has 0 aromatic carbocycles. The first-order chi connectivity index (χ1) is 9.47. The fraction of sp³-hybridized carbons (Fsp3) is 0.688. The number of carbonyl (C=O) groups is 1. The Hall–Kier alpha value is -1.29. The number of amides is 1. The van der Waals surface area contributed by atoms with Gasteiger partial charge in [-0.25, -0.2) is 0 Å². The maximum Gasteiger partial charge on any atom is 0.255 e. The van der Waals surface area contributed by atoms with Crippen LogP contribution in [0.15, 0.2) is 12.3 Å². The van der Waals surface area contributed by atoms with Crippen LogP contribution >= 0.6 is 0 Å². The van der Waals surface area contributed by atoms with E-state index in [1.54, 1.807) is 0 Å². The van der Waals surface area contributed by atoms with Crippen LogP contribution in [0.2, 0.25) is 0 Å². The average Bonchev–Trinajstić information content (AvgIpc) is 2.97. The fourth-order valence-electron chi connectivity index (χ4n) is 3.10. The number of likely N-dealkylation sites (tertiary alicyclic amines) is 1. The quantitative estimate of drug-likeness (QED) is 0.897. The number of aromatic amines is 1. The number of nitrogens with zero attached hydrogens (tertiary/aromatic N) is 2. The van der Waals surface area contributed by atoms with Crippen molar-refractivity contribution in [1.82, 2.24) is 14.8 Å². The van der Waals surface area contributed by atoms with Crippen LogP contribution in [0.4, 0.5) is 0 Å². The number of rotatable bonds is 5. The van der Waals surface area contributed by atoms with Gasteiger partial charge in [-0.15, -0.1) is 0 Å². The Morgan fingerprint density at radius 2 is 2.30 bits per heavy atom. The molecule has 1 N–H and O–H groups in total. The molecule has 1 aliphatic heterocycles. The second kappa shape index (κ2) is 6.44. The molecule has 1 unspecified atom stereocenters. The molecule has 4 nitrogen and oxygen atoms in total. The summed E-state index contributed by atoms with van der Waals surface area (Å²) in [6.45, 7) is 10.8. The number of aromatic nitrogens is 1. The zero-order chi connectivity index (χ0) is 14.7. The van der Waals surface area contributed by atoms with E-state index in [0.717, 1.165) is 30.3 Å². The van der Waals surface area contributed by atoms with E-state index in [2.05, 4.69) is 23.7 Å². The highest BCUT2D eigenvalue weighted by Gasteiger charge is 2.25. The topological polar surface area (TPSA) is 39.3 Å². The number of nitrogens with one attached hydrogen (secondary N) is 1. The molecule has 1 saturated heterocycles. The molecule has 112 valence electrons. The summed E-state index contributed by atoms with van der Waals surface area (Å²) in [7, 11) is 1.92. The van der Waals surface area contributed by atoms with E-state index in [9.17, 15) is 4.79 Å². The minimum atomic E-state index is 0.131. The number of H-pyrrole nitrogens is 1. The van der Waals surface area contributed by atoms with Gasteiger partial charge >= 0.3 is 0 Å². The molecule has 0 radical (unpaired) electrons. The van der Waals surface area contributed by atoms with Crippen LogP contribution in [-0.4, -0.2) is 53.9 Å². The smallest absolute Gasteiger partial charge is 0.255 e. The van der Waals surface area contributed by atoms with Crippen LogP contribution in [0.3, 0.4) is 0 Å². The molecule has 1 aliphatic rings. The van der Waals surface area contributed by atoms with Gasteiger partial charge in [-0.3, -0.25) is 4.79 Å². The zero-order valence-electron chi connectivity index (χ0n) is 13.1. The van der Waals surface area contributed by atoms with Crippen LogP contribution in [-0.2, 0) is 0 Å². The van der Waals surface area contributed by atoms with E-state index in [4.69, 9.17) is 0 Å². The minimum absolute atomic E-state index is 0.131. The van der Waals surface area contributed by atoms with E-state index >= 15 is 0 Å². The maximum atomic E-state index is 12.4. The lowest BCUT2D eigenvalue weighted by Gasteiger charge is -2.22. The molecule has 0 spiro atoms. The van der Waals surface area contributed by atoms with Gasteiger partial charge in [-0.1, -0.05) is 13.8 Å². The third-order valence-electron chi connectivity index (χ3n) is 4.06. The van der Waals surface area contributed by atoms with Gasteiger partial charge < -0.3 is 14.8 Å². The van der Waals surface area contributed by atoms with Crippen molar-refractivity contribution in [3.8, 4) is 0 Å². The standard InChI is InChI=1S/C16H27N3O/c1-12(2)9-19-8-6-14(11-19)10-18(4)16(20)15-5-7-17-13(15)3/h5,7,12,14,17H,6,8-11H2,1-4H3. The molecule has 1 atom stereocenters. The number of carbonyl (C=O) groups excluding carboxylic acids is 1. The minimum Gasteiger partial charge on any atom is -0.365 e. The van der Waals surface area contributed by atoms with Crippen LogP contribution in [0.25, 0.3) is 0 Å². The van der Waals surface area contributed by atoms with Gasteiger partial charge in [0.2, 0.25) is 0 Å². The fourth-order valence-corrected chi connectivity index (χ4v) is 3.10. The lowest BCUT2D eigenvalue weighted by atomic mass is 10.1. The Labute approximate surface area is 122 Å².